The van der Waals surface area contributed by atoms with Crippen LogP contribution < -0.4 is 9.64 Å². The summed E-state index contributed by atoms with van der Waals surface area (Å²) in [4.78, 5) is 52.8. The minimum absolute atomic E-state index is 0.307. The molecular weight excluding hydrogens is 422 g/mol. The first-order valence-corrected chi connectivity index (χ1v) is 10.2. The molecule has 2 atom stereocenters. The van der Waals surface area contributed by atoms with E-state index in [9.17, 15) is 19.2 Å². The van der Waals surface area contributed by atoms with Crippen molar-refractivity contribution < 1.29 is 28.7 Å². The first-order valence-electron chi connectivity index (χ1n) is 10.2. The van der Waals surface area contributed by atoms with Gasteiger partial charge in [0.15, 0.2) is 5.78 Å². The van der Waals surface area contributed by atoms with Gasteiger partial charge in [0.1, 0.15) is 11.7 Å². The topological polar surface area (TPSA) is 90.0 Å². The second-order valence-electron chi connectivity index (χ2n) is 7.50. The number of anilines is 1. The maximum Gasteiger partial charge on any atom is 0.337 e. The number of carbonyl (C=O) groups is 4. The third-order valence-corrected chi connectivity index (χ3v) is 5.67. The van der Waals surface area contributed by atoms with E-state index in [2.05, 4.69) is 0 Å². The Morgan fingerprint density at radius 2 is 1.39 bits per heavy atom. The van der Waals surface area contributed by atoms with Crippen LogP contribution in [0.1, 0.15) is 32.3 Å². The van der Waals surface area contributed by atoms with Gasteiger partial charge in [-0.1, -0.05) is 30.3 Å². The third-order valence-electron chi connectivity index (χ3n) is 5.67. The molecule has 7 heteroatoms. The summed E-state index contributed by atoms with van der Waals surface area (Å²) in [5.74, 6) is -3.15. The van der Waals surface area contributed by atoms with Gasteiger partial charge >= 0.3 is 5.97 Å². The molecule has 1 saturated heterocycles. The number of ether oxygens (including phenoxy) is 2. The van der Waals surface area contributed by atoms with Crippen molar-refractivity contribution in [1.82, 2.24) is 0 Å². The van der Waals surface area contributed by atoms with E-state index in [1.807, 2.05) is 6.07 Å². The number of benzene rings is 3. The zero-order valence-electron chi connectivity index (χ0n) is 18.1. The van der Waals surface area contributed by atoms with Crippen molar-refractivity contribution in [1.29, 1.82) is 0 Å². The molecule has 1 aliphatic rings. The first-order chi connectivity index (χ1) is 16.0. The fourth-order valence-electron chi connectivity index (χ4n) is 4.01. The van der Waals surface area contributed by atoms with Crippen molar-refractivity contribution in [3.8, 4) is 5.75 Å². The summed E-state index contributed by atoms with van der Waals surface area (Å²) < 4.78 is 9.86. The molecule has 0 saturated carbocycles. The molecule has 0 N–H and O–H groups in total. The van der Waals surface area contributed by atoms with Crippen LogP contribution >= 0.6 is 0 Å². The first kappa shape index (κ1) is 22.0. The molecule has 0 aromatic heterocycles. The molecule has 0 bridgehead atoms. The van der Waals surface area contributed by atoms with Gasteiger partial charge in [-0.05, 0) is 54.1 Å². The average molecular weight is 443 g/mol. The highest BCUT2D eigenvalue weighted by Gasteiger charge is 2.52. The fraction of sp³-hybridized carbons (Fsp3) is 0.154. The molecule has 7 nitrogen and oxygen atoms in total. The van der Waals surface area contributed by atoms with Crippen molar-refractivity contribution in [2.24, 2.45) is 5.92 Å². The molecule has 4 rings (SSSR count). The molecule has 1 amide bonds. The lowest BCUT2D eigenvalue weighted by molar-refractivity contribution is -0.135. The monoisotopic (exact) mass is 443 g/mol. The largest absolute Gasteiger partial charge is 0.497 e. The van der Waals surface area contributed by atoms with Crippen molar-refractivity contribution in [2.45, 2.75) is 6.04 Å². The van der Waals surface area contributed by atoms with Crippen LogP contribution in [0.5, 0.6) is 5.75 Å². The van der Waals surface area contributed by atoms with E-state index in [0.29, 0.717) is 28.1 Å². The summed E-state index contributed by atoms with van der Waals surface area (Å²) in [5, 5.41) is 0. The molecule has 1 heterocycles. The Balaban J connectivity index is 1.78. The second kappa shape index (κ2) is 9.08. The van der Waals surface area contributed by atoms with Crippen molar-refractivity contribution in [3.63, 3.8) is 0 Å². The lowest BCUT2D eigenvalue weighted by Gasteiger charge is -2.27. The summed E-state index contributed by atoms with van der Waals surface area (Å²) in [6.45, 7) is 0. The van der Waals surface area contributed by atoms with Gasteiger partial charge in [-0.15, -0.1) is 0 Å². The summed E-state index contributed by atoms with van der Waals surface area (Å²) in [6.07, 6.45) is 0. The van der Waals surface area contributed by atoms with Crippen LogP contribution in [0.2, 0.25) is 0 Å². The number of rotatable bonds is 6. The molecule has 3 aromatic carbocycles. The van der Waals surface area contributed by atoms with Crippen molar-refractivity contribution in [3.05, 3.63) is 95.6 Å². The molecule has 2 unspecified atom stereocenters. The number of nitrogens with zero attached hydrogens (tertiary/aromatic N) is 1. The zero-order valence-corrected chi connectivity index (χ0v) is 18.1. The molecule has 1 aliphatic heterocycles. The molecular formula is C26H21NO6. The van der Waals surface area contributed by atoms with E-state index in [-0.39, 0.29) is 0 Å². The van der Waals surface area contributed by atoms with E-state index in [0.717, 1.165) is 0 Å². The highest BCUT2D eigenvalue weighted by molar-refractivity contribution is 6.49. The van der Waals surface area contributed by atoms with E-state index in [1.54, 1.807) is 60.7 Å². The maximum atomic E-state index is 13.4. The highest BCUT2D eigenvalue weighted by atomic mass is 16.5. The lowest BCUT2D eigenvalue weighted by Crippen LogP contribution is -2.30. The van der Waals surface area contributed by atoms with Crippen LogP contribution in [0.3, 0.4) is 0 Å². The van der Waals surface area contributed by atoms with Crippen LogP contribution in [0.25, 0.3) is 0 Å². The van der Waals surface area contributed by atoms with Gasteiger partial charge in [-0.3, -0.25) is 19.3 Å². The molecule has 33 heavy (non-hydrogen) atoms. The van der Waals surface area contributed by atoms with Crippen LogP contribution in [0.15, 0.2) is 78.9 Å². The van der Waals surface area contributed by atoms with Gasteiger partial charge in [-0.25, -0.2) is 4.79 Å². The number of methoxy groups -OCH3 is 2. The Bertz CT molecular complexity index is 1200. The predicted octanol–water partition coefficient (Wildman–Crippen LogP) is 3.64. The molecule has 3 aromatic rings. The summed E-state index contributed by atoms with van der Waals surface area (Å²) in [6, 6.07) is 20.7. The molecule has 0 radical (unpaired) electrons. The number of amides is 1. The van der Waals surface area contributed by atoms with E-state index < -0.39 is 35.4 Å². The van der Waals surface area contributed by atoms with E-state index in [1.165, 1.54) is 31.3 Å². The van der Waals surface area contributed by atoms with Gasteiger partial charge < -0.3 is 9.47 Å². The van der Waals surface area contributed by atoms with Gasteiger partial charge in [0.2, 0.25) is 5.78 Å². The number of Topliss-reactive ketones (excluding diaryl/α,β-unsaturated/α-hetero) is 2. The van der Waals surface area contributed by atoms with Gasteiger partial charge in [0.05, 0.1) is 25.8 Å². The highest BCUT2D eigenvalue weighted by Crippen LogP contribution is 2.41. The van der Waals surface area contributed by atoms with Gasteiger partial charge in [-0.2, -0.15) is 0 Å². The SMILES string of the molecule is COC(=O)c1ccc(N2C(=O)C(=O)C(C(=O)c3ccc(OC)cc3)C2c2ccccc2)cc1. The second-order valence-corrected chi connectivity index (χ2v) is 7.50. The van der Waals surface area contributed by atoms with Crippen LogP contribution in [0, 0.1) is 5.92 Å². The Kier molecular flexibility index (Phi) is 6.04. The Morgan fingerprint density at radius 1 is 0.788 bits per heavy atom. The van der Waals surface area contributed by atoms with E-state index >= 15 is 0 Å². The van der Waals surface area contributed by atoms with Crippen LogP contribution in [-0.4, -0.2) is 37.7 Å². The summed E-state index contributed by atoms with van der Waals surface area (Å²) >= 11 is 0. The fourth-order valence-corrected chi connectivity index (χ4v) is 4.01. The number of esters is 1. The minimum atomic E-state index is -1.21. The third kappa shape index (κ3) is 4.01. The zero-order chi connectivity index (χ0) is 23.5. The molecule has 166 valence electrons. The quantitative estimate of drug-likeness (QED) is 0.250. The summed E-state index contributed by atoms with van der Waals surface area (Å²) in [7, 11) is 2.80. The van der Waals surface area contributed by atoms with Crippen molar-refractivity contribution in [2.75, 3.05) is 19.1 Å². The smallest absolute Gasteiger partial charge is 0.337 e. The number of hydrogen-bond acceptors (Lipinski definition) is 6. The standard InChI is InChI=1S/C26H21NO6/c1-32-20-14-10-17(11-15-20)23(28)21-22(16-6-4-3-5-7-16)27(25(30)24(21)29)19-12-8-18(9-13-19)26(31)33-2/h3-15,21-22H,1-2H3. The maximum absolute atomic E-state index is 13.4. The van der Waals surface area contributed by atoms with Gasteiger partial charge in [0.25, 0.3) is 5.91 Å². The molecule has 1 fully saturated rings. The van der Waals surface area contributed by atoms with Crippen LogP contribution in [-0.2, 0) is 14.3 Å². The molecule has 0 spiro atoms. The Labute approximate surface area is 190 Å². The predicted molar refractivity (Wildman–Crippen MR) is 120 cm³/mol. The summed E-state index contributed by atoms with van der Waals surface area (Å²) in [5.41, 5.74) is 1.67. The minimum Gasteiger partial charge on any atom is -0.497 e. The molecule has 0 aliphatic carbocycles. The number of hydrogen-bond donors (Lipinski definition) is 0. The average Bonchev–Trinajstić information content (AvgIpc) is 3.14. The van der Waals surface area contributed by atoms with Gasteiger partial charge in [0, 0.05) is 11.3 Å². The van der Waals surface area contributed by atoms with Crippen molar-refractivity contribution >= 4 is 29.1 Å². The Morgan fingerprint density at radius 3 is 1.97 bits per heavy atom. The van der Waals surface area contributed by atoms with Crippen LogP contribution in [0.4, 0.5) is 5.69 Å². The lowest BCUT2D eigenvalue weighted by atomic mass is 9.86. The Hall–Kier alpha value is -4.26. The number of ketones is 2. The normalized spacial score (nSPS) is 17.7. The van der Waals surface area contributed by atoms with E-state index in [4.69, 9.17) is 9.47 Å². The number of carbonyl (C=O) groups excluding carboxylic acids is 4.